The fourth-order valence-electron chi connectivity index (χ4n) is 4.14. The lowest BCUT2D eigenvalue weighted by Gasteiger charge is -2.14. The van der Waals surface area contributed by atoms with Crippen LogP contribution >= 0.6 is 11.6 Å². The van der Waals surface area contributed by atoms with Crippen LogP contribution in [0.25, 0.3) is 39.1 Å². The zero-order valence-electron chi connectivity index (χ0n) is 18.7. The molecule has 1 aromatic heterocycles. The Bertz CT molecular complexity index is 1640. The zero-order valence-corrected chi connectivity index (χ0v) is 19.5. The van der Waals surface area contributed by atoms with E-state index in [-0.39, 0.29) is 11.4 Å². The maximum atomic E-state index is 14.7. The minimum atomic E-state index is -0.498. The maximum absolute atomic E-state index is 14.7. The fraction of sp³-hybridized carbons (Fsp3) is 0.0357. The minimum absolute atomic E-state index is 0.0724. The molecule has 0 spiro atoms. The van der Waals surface area contributed by atoms with Crippen LogP contribution < -0.4 is 11.4 Å². The van der Waals surface area contributed by atoms with E-state index in [1.165, 1.54) is 21.3 Å². The van der Waals surface area contributed by atoms with E-state index in [4.69, 9.17) is 17.3 Å². The van der Waals surface area contributed by atoms with Crippen LogP contribution in [0.4, 0.5) is 10.1 Å². The molecule has 7 heteroatoms. The SMILES string of the molecule is Cn1ccn(-c2ccc(-c3cc(F)cc(-c4cccc(-c5cccc(N)c5)c4)c3O)cc2Cl)c1=O. The van der Waals surface area contributed by atoms with Crippen molar-refractivity contribution in [3.05, 3.63) is 113 Å². The Morgan fingerprint density at radius 3 is 2.09 bits per heavy atom. The Morgan fingerprint density at radius 2 is 1.46 bits per heavy atom. The summed E-state index contributed by atoms with van der Waals surface area (Å²) in [6.45, 7) is 0. The van der Waals surface area contributed by atoms with Crippen molar-refractivity contribution >= 4 is 17.3 Å². The third-order valence-corrected chi connectivity index (χ3v) is 6.24. The van der Waals surface area contributed by atoms with Gasteiger partial charge < -0.3 is 15.4 Å². The normalized spacial score (nSPS) is 11.1. The number of nitrogens with two attached hydrogens (primary N) is 1. The molecule has 1 heterocycles. The number of imidazole rings is 1. The van der Waals surface area contributed by atoms with Gasteiger partial charge in [0.15, 0.2) is 0 Å². The Kier molecular flexibility index (Phi) is 5.67. The van der Waals surface area contributed by atoms with Gasteiger partial charge in [0.1, 0.15) is 11.6 Å². The maximum Gasteiger partial charge on any atom is 0.332 e. The fourth-order valence-corrected chi connectivity index (χ4v) is 4.41. The highest BCUT2D eigenvalue weighted by atomic mass is 35.5. The zero-order chi connectivity index (χ0) is 24.7. The molecule has 35 heavy (non-hydrogen) atoms. The minimum Gasteiger partial charge on any atom is -0.507 e. The van der Waals surface area contributed by atoms with Gasteiger partial charge in [0, 0.05) is 36.3 Å². The van der Waals surface area contributed by atoms with Gasteiger partial charge in [-0.2, -0.15) is 0 Å². The van der Waals surface area contributed by atoms with Crippen LogP contribution in [-0.4, -0.2) is 14.2 Å². The highest BCUT2D eigenvalue weighted by Crippen LogP contribution is 2.41. The van der Waals surface area contributed by atoms with E-state index in [9.17, 15) is 14.3 Å². The summed E-state index contributed by atoms with van der Waals surface area (Å²) in [4.78, 5) is 12.3. The predicted octanol–water partition coefficient (Wildman–Crippen LogP) is 6.26. The number of halogens is 2. The first-order valence-corrected chi connectivity index (χ1v) is 11.2. The van der Waals surface area contributed by atoms with E-state index in [2.05, 4.69) is 0 Å². The molecular weight excluding hydrogens is 465 g/mol. The van der Waals surface area contributed by atoms with E-state index in [0.717, 1.165) is 11.1 Å². The summed E-state index contributed by atoms with van der Waals surface area (Å²) < 4.78 is 17.6. The molecule has 0 saturated carbocycles. The number of anilines is 1. The predicted molar refractivity (Wildman–Crippen MR) is 138 cm³/mol. The van der Waals surface area contributed by atoms with Crippen LogP contribution in [0, 0.1) is 5.82 Å². The number of aromatic nitrogens is 2. The van der Waals surface area contributed by atoms with Crippen LogP contribution in [-0.2, 0) is 7.05 Å². The van der Waals surface area contributed by atoms with Crippen molar-refractivity contribution in [2.75, 3.05) is 5.73 Å². The average Bonchev–Trinajstić information content (AvgIpc) is 3.18. The Balaban J connectivity index is 1.59. The number of hydrogen-bond donors (Lipinski definition) is 2. The van der Waals surface area contributed by atoms with E-state index in [0.29, 0.717) is 38.7 Å². The Hall–Kier alpha value is -4.29. The second-order valence-corrected chi connectivity index (χ2v) is 8.69. The topological polar surface area (TPSA) is 73.2 Å². The summed E-state index contributed by atoms with van der Waals surface area (Å²) in [6.07, 6.45) is 3.25. The van der Waals surface area contributed by atoms with Crippen LogP contribution in [0.5, 0.6) is 5.75 Å². The number of nitrogens with zero attached hydrogens (tertiary/aromatic N) is 2. The second kappa shape index (κ2) is 8.81. The third-order valence-electron chi connectivity index (χ3n) is 5.93. The first kappa shape index (κ1) is 22.5. The Morgan fingerprint density at radius 1 is 0.829 bits per heavy atom. The molecule has 174 valence electrons. The Labute approximate surface area is 206 Å². The van der Waals surface area contributed by atoms with Crippen molar-refractivity contribution in [3.63, 3.8) is 0 Å². The molecule has 0 unspecified atom stereocenters. The first-order chi connectivity index (χ1) is 16.8. The van der Waals surface area contributed by atoms with Crippen molar-refractivity contribution in [2.24, 2.45) is 7.05 Å². The number of benzene rings is 4. The molecule has 5 rings (SSSR count). The molecule has 5 nitrogen and oxygen atoms in total. The standard InChI is InChI=1S/C28H21ClFN3O2/c1-32-10-11-33(28(32)35)26-9-8-20(14-25(26)29)24-16-21(30)15-23(27(24)34)19-6-2-4-17(12-19)18-5-3-7-22(31)13-18/h2-16,34H,31H2,1H3. The average molecular weight is 486 g/mol. The molecule has 0 aliphatic heterocycles. The van der Waals surface area contributed by atoms with Gasteiger partial charge in [-0.25, -0.2) is 9.18 Å². The summed E-state index contributed by atoms with van der Waals surface area (Å²) in [5.41, 5.74) is 10.4. The lowest BCUT2D eigenvalue weighted by Crippen LogP contribution is -2.20. The molecule has 0 aliphatic carbocycles. The van der Waals surface area contributed by atoms with Crippen LogP contribution in [0.3, 0.4) is 0 Å². The van der Waals surface area contributed by atoms with E-state index >= 15 is 0 Å². The largest absolute Gasteiger partial charge is 0.507 e. The van der Waals surface area contributed by atoms with Crippen molar-refractivity contribution in [1.29, 1.82) is 0 Å². The molecule has 5 aromatic rings. The van der Waals surface area contributed by atoms with E-state index < -0.39 is 5.82 Å². The highest BCUT2D eigenvalue weighted by Gasteiger charge is 2.16. The molecule has 0 fully saturated rings. The number of nitrogen functional groups attached to an aromatic ring is 1. The smallest absolute Gasteiger partial charge is 0.332 e. The molecule has 0 amide bonds. The van der Waals surface area contributed by atoms with Crippen molar-refractivity contribution < 1.29 is 9.50 Å². The summed E-state index contributed by atoms with van der Waals surface area (Å²) in [5, 5.41) is 11.5. The quantitative estimate of drug-likeness (QED) is 0.295. The van der Waals surface area contributed by atoms with Gasteiger partial charge in [0.05, 0.1) is 10.7 Å². The van der Waals surface area contributed by atoms with E-state index in [1.54, 1.807) is 37.6 Å². The molecule has 0 atom stereocenters. The van der Waals surface area contributed by atoms with Gasteiger partial charge in [0.25, 0.3) is 0 Å². The number of phenols is 1. The molecule has 0 bridgehead atoms. The van der Waals surface area contributed by atoms with Crippen LogP contribution in [0.1, 0.15) is 0 Å². The van der Waals surface area contributed by atoms with Gasteiger partial charge in [-0.15, -0.1) is 0 Å². The summed E-state index contributed by atoms with van der Waals surface area (Å²) in [6, 6.07) is 22.5. The van der Waals surface area contributed by atoms with Crippen LogP contribution in [0.2, 0.25) is 5.02 Å². The monoisotopic (exact) mass is 485 g/mol. The van der Waals surface area contributed by atoms with Crippen molar-refractivity contribution in [3.8, 4) is 44.8 Å². The lowest BCUT2D eigenvalue weighted by molar-refractivity contribution is 0.477. The number of hydrogen-bond acceptors (Lipinski definition) is 3. The summed E-state index contributed by atoms with van der Waals surface area (Å²) in [7, 11) is 1.65. The van der Waals surface area contributed by atoms with E-state index in [1.807, 2.05) is 48.5 Å². The molecule has 0 aliphatic rings. The van der Waals surface area contributed by atoms with Crippen molar-refractivity contribution in [2.45, 2.75) is 0 Å². The van der Waals surface area contributed by atoms with Gasteiger partial charge in [0.2, 0.25) is 0 Å². The number of aryl methyl sites for hydroxylation is 1. The highest BCUT2D eigenvalue weighted by molar-refractivity contribution is 6.32. The molecule has 4 aromatic carbocycles. The summed E-state index contributed by atoms with van der Waals surface area (Å²) in [5.74, 6) is -0.571. The number of phenolic OH excluding ortho intramolecular Hbond substituents is 1. The van der Waals surface area contributed by atoms with Gasteiger partial charge in [-0.3, -0.25) is 4.57 Å². The van der Waals surface area contributed by atoms with Gasteiger partial charge in [-0.05, 0) is 64.7 Å². The first-order valence-electron chi connectivity index (χ1n) is 10.8. The number of aromatic hydroxyl groups is 1. The third kappa shape index (κ3) is 4.20. The number of rotatable bonds is 4. The van der Waals surface area contributed by atoms with Gasteiger partial charge in [-0.1, -0.05) is 48.0 Å². The second-order valence-electron chi connectivity index (χ2n) is 8.28. The molecular formula is C28H21ClFN3O2. The summed E-state index contributed by atoms with van der Waals surface area (Å²) >= 11 is 6.49. The molecule has 0 radical (unpaired) electrons. The molecule has 3 N–H and O–H groups in total. The molecule has 0 saturated heterocycles. The van der Waals surface area contributed by atoms with Crippen LogP contribution in [0.15, 0.2) is 96.1 Å². The van der Waals surface area contributed by atoms with Gasteiger partial charge >= 0.3 is 5.69 Å². The van der Waals surface area contributed by atoms with Crippen molar-refractivity contribution in [1.82, 2.24) is 9.13 Å². The lowest BCUT2D eigenvalue weighted by atomic mass is 9.94.